The molecule has 0 radical (unpaired) electrons. The van der Waals surface area contributed by atoms with Crippen LogP contribution >= 0.6 is 0 Å². The second kappa shape index (κ2) is 4.30. The number of methoxy groups -OCH3 is 1. The Hall–Kier alpha value is -1.09. The van der Waals surface area contributed by atoms with Gasteiger partial charge in [-0.15, -0.1) is 0 Å². The molecule has 0 bridgehead atoms. The molecule has 1 aliphatic rings. The van der Waals surface area contributed by atoms with Crippen molar-refractivity contribution in [1.82, 2.24) is 0 Å². The maximum absolute atomic E-state index is 11.8. The van der Waals surface area contributed by atoms with Crippen molar-refractivity contribution in [3.05, 3.63) is 35.9 Å². The molecule has 1 saturated carbocycles. The van der Waals surface area contributed by atoms with E-state index in [0.29, 0.717) is 11.5 Å². The van der Waals surface area contributed by atoms with Gasteiger partial charge in [-0.05, 0) is 17.0 Å². The highest BCUT2D eigenvalue weighted by Crippen LogP contribution is 2.64. The van der Waals surface area contributed by atoms with E-state index in [9.17, 15) is 4.79 Å². The van der Waals surface area contributed by atoms with Crippen molar-refractivity contribution in [3.63, 3.8) is 0 Å². The van der Waals surface area contributed by atoms with E-state index in [1.54, 1.807) is 0 Å². The van der Waals surface area contributed by atoms with Crippen molar-refractivity contribution in [2.75, 3.05) is 7.11 Å². The normalized spacial score (nSPS) is 27.6. The molecule has 1 aliphatic carbocycles. The number of carbonyl (C=O) groups is 1. The zero-order valence-electron chi connectivity index (χ0n) is 10.9. The highest BCUT2D eigenvalue weighted by Gasteiger charge is 2.61. The van der Waals surface area contributed by atoms with Crippen LogP contribution in [-0.2, 0) is 9.53 Å². The number of benzene rings is 1. The molecule has 1 fully saturated rings. The van der Waals surface area contributed by atoms with E-state index in [4.69, 9.17) is 4.74 Å². The first-order valence-electron chi connectivity index (χ1n) is 6.09. The fourth-order valence-corrected chi connectivity index (χ4v) is 5.69. The summed E-state index contributed by atoms with van der Waals surface area (Å²) in [6.07, 6.45) is 0. The minimum Gasteiger partial charge on any atom is -0.469 e. The largest absolute Gasteiger partial charge is 0.469 e. The second-order valence-corrected chi connectivity index (χ2v) is 11.3. The molecule has 0 amide bonds. The summed E-state index contributed by atoms with van der Waals surface area (Å²) in [7, 11) is 0.178. The molecule has 0 spiro atoms. The molecule has 1 aromatic carbocycles. The first-order valence-corrected chi connectivity index (χ1v) is 9.67. The van der Waals surface area contributed by atoms with Gasteiger partial charge < -0.3 is 4.74 Å². The number of hydrogen-bond donors (Lipinski definition) is 0. The predicted octanol–water partition coefficient (Wildman–Crippen LogP) is 3.28. The van der Waals surface area contributed by atoms with E-state index in [1.807, 2.05) is 18.2 Å². The average molecular weight is 248 g/mol. The fourth-order valence-electron chi connectivity index (χ4n) is 2.91. The van der Waals surface area contributed by atoms with Crippen LogP contribution in [0.3, 0.4) is 0 Å². The van der Waals surface area contributed by atoms with Crippen molar-refractivity contribution in [1.29, 1.82) is 0 Å². The first kappa shape index (κ1) is 12.4. The molecule has 2 nitrogen and oxygen atoms in total. The standard InChI is InChI=1S/C14H20O2Si/c1-16-14(15)12-11(13(12)17(2,3)4)10-8-6-5-7-9-10/h5-9,11-13H,1-4H3. The van der Waals surface area contributed by atoms with Gasteiger partial charge in [-0.1, -0.05) is 50.0 Å². The number of carbonyl (C=O) groups excluding carboxylic acids is 1. The van der Waals surface area contributed by atoms with Crippen LogP contribution < -0.4 is 0 Å². The van der Waals surface area contributed by atoms with E-state index in [1.165, 1.54) is 12.7 Å². The van der Waals surface area contributed by atoms with E-state index < -0.39 is 8.07 Å². The topological polar surface area (TPSA) is 26.3 Å². The summed E-state index contributed by atoms with van der Waals surface area (Å²) in [6, 6.07) is 10.4. The van der Waals surface area contributed by atoms with Crippen LogP contribution in [0.15, 0.2) is 30.3 Å². The van der Waals surface area contributed by atoms with Crippen LogP contribution in [0, 0.1) is 5.92 Å². The maximum atomic E-state index is 11.8. The van der Waals surface area contributed by atoms with Crippen molar-refractivity contribution < 1.29 is 9.53 Å². The summed E-state index contributed by atoms with van der Waals surface area (Å²) in [5, 5.41) is 0. The molecule has 92 valence electrons. The quantitative estimate of drug-likeness (QED) is 0.606. The molecule has 0 aliphatic heterocycles. The van der Waals surface area contributed by atoms with E-state index >= 15 is 0 Å². The molecule has 3 atom stereocenters. The van der Waals surface area contributed by atoms with Crippen LogP contribution in [-0.4, -0.2) is 21.2 Å². The van der Waals surface area contributed by atoms with Crippen LogP contribution in [0.5, 0.6) is 0 Å². The number of hydrogen-bond acceptors (Lipinski definition) is 2. The van der Waals surface area contributed by atoms with Crippen LogP contribution in [0.2, 0.25) is 25.2 Å². The minimum atomic E-state index is -1.31. The summed E-state index contributed by atoms with van der Waals surface area (Å²) in [6.45, 7) is 6.99. The Balaban J connectivity index is 2.26. The summed E-state index contributed by atoms with van der Waals surface area (Å²) in [4.78, 5) is 11.8. The molecule has 0 N–H and O–H groups in total. The Morgan fingerprint density at radius 2 is 1.76 bits per heavy atom. The Morgan fingerprint density at radius 1 is 1.18 bits per heavy atom. The summed E-state index contributed by atoms with van der Waals surface area (Å²) >= 11 is 0. The van der Waals surface area contributed by atoms with Crippen LogP contribution in [0.25, 0.3) is 0 Å². The monoisotopic (exact) mass is 248 g/mol. The van der Waals surface area contributed by atoms with Gasteiger partial charge in [-0.2, -0.15) is 0 Å². The second-order valence-electron chi connectivity index (χ2n) is 5.88. The maximum Gasteiger partial charge on any atom is 0.309 e. The molecule has 1 aromatic rings. The lowest BCUT2D eigenvalue weighted by Crippen LogP contribution is -2.22. The number of ether oxygens (including phenoxy) is 1. The third-order valence-electron chi connectivity index (χ3n) is 3.68. The predicted molar refractivity (Wildman–Crippen MR) is 71.8 cm³/mol. The highest BCUT2D eigenvalue weighted by molar-refractivity contribution is 6.79. The zero-order valence-corrected chi connectivity index (χ0v) is 11.9. The lowest BCUT2D eigenvalue weighted by atomic mass is 10.1. The summed E-state index contributed by atoms with van der Waals surface area (Å²) in [5.74, 6) is 0.440. The molecule has 17 heavy (non-hydrogen) atoms. The van der Waals surface area contributed by atoms with Crippen molar-refractivity contribution in [3.8, 4) is 0 Å². The first-order chi connectivity index (χ1) is 7.96. The van der Waals surface area contributed by atoms with Gasteiger partial charge in [0.2, 0.25) is 0 Å². The van der Waals surface area contributed by atoms with Gasteiger partial charge in [0.1, 0.15) is 0 Å². The molecular weight excluding hydrogens is 228 g/mol. The third kappa shape index (κ3) is 2.29. The van der Waals surface area contributed by atoms with Crippen LogP contribution in [0.4, 0.5) is 0 Å². The molecule has 0 saturated heterocycles. The van der Waals surface area contributed by atoms with Gasteiger partial charge in [0.25, 0.3) is 0 Å². The smallest absolute Gasteiger partial charge is 0.309 e. The molecule has 0 aromatic heterocycles. The molecule has 3 heteroatoms. The van der Waals surface area contributed by atoms with E-state index in [-0.39, 0.29) is 11.9 Å². The van der Waals surface area contributed by atoms with Gasteiger partial charge in [0, 0.05) is 8.07 Å². The third-order valence-corrected chi connectivity index (χ3v) is 6.40. The number of esters is 1. The fraction of sp³-hybridized carbons (Fsp3) is 0.500. The van der Waals surface area contributed by atoms with Gasteiger partial charge in [0.15, 0.2) is 0 Å². The Bertz CT molecular complexity index is 408. The van der Waals surface area contributed by atoms with Gasteiger partial charge >= 0.3 is 5.97 Å². The molecule has 2 rings (SSSR count). The summed E-state index contributed by atoms with van der Waals surface area (Å²) < 4.78 is 4.93. The SMILES string of the molecule is COC(=O)C1C(c2ccccc2)C1[Si](C)(C)C. The lowest BCUT2D eigenvalue weighted by Gasteiger charge is -2.15. The van der Waals surface area contributed by atoms with Gasteiger partial charge in [-0.25, -0.2) is 0 Å². The van der Waals surface area contributed by atoms with Gasteiger partial charge in [0.05, 0.1) is 13.0 Å². The van der Waals surface area contributed by atoms with E-state index in [0.717, 1.165) is 0 Å². The van der Waals surface area contributed by atoms with Gasteiger partial charge in [-0.3, -0.25) is 4.79 Å². The Morgan fingerprint density at radius 3 is 2.24 bits per heavy atom. The molecular formula is C14H20O2Si. The van der Waals surface area contributed by atoms with Crippen molar-refractivity contribution in [2.24, 2.45) is 5.92 Å². The minimum absolute atomic E-state index is 0.0359. The highest BCUT2D eigenvalue weighted by atomic mass is 28.3. The molecule has 3 unspecified atom stereocenters. The van der Waals surface area contributed by atoms with Crippen molar-refractivity contribution >= 4 is 14.0 Å². The molecule has 0 heterocycles. The Kier molecular flexibility index (Phi) is 3.12. The van der Waals surface area contributed by atoms with Crippen molar-refractivity contribution in [2.45, 2.75) is 31.1 Å². The lowest BCUT2D eigenvalue weighted by molar-refractivity contribution is -0.142. The average Bonchev–Trinajstić information content (AvgIpc) is 3.04. The van der Waals surface area contributed by atoms with Crippen LogP contribution in [0.1, 0.15) is 11.5 Å². The van der Waals surface area contributed by atoms with E-state index in [2.05, 4.69) is 31.8 Å². The zero-order chi connectivity index (χ0) is 12.6. The Labute approximate surface area is 104 Å². The summed E-state index contributed by atoms with van der Waals surface area (Å²) in [5.41, 5.74) is 1.81. The number of rotatable bonds is 3.